The first-order valence-corrected chi connectivity index (χ1v) is 7.80. The van der Waals surface area contributed by atoms with Gasteiger partial charge in [0.25, 0.3) is 0 Å². The molecular weight excluding hydrogens is 300 g/mol. The summed E-state index contributed by atoms with van der Waals surface area (Å²) < 4.78 is 0. The lowest BCUT2D eigenvalue weighted by atomic mass is 10.2. The van der Waals surface area contributed by atoms with Crippen molar-refractivity contribution in [3.63, 3.8) is 0 Å². The summed E-state index contributed by atoms with van der Waals surface area (Å²) in [5.41, 5.74) is 2.39. The zero-order valence-corrected chi connectivity index (χ0v) is 13.6. The van der Waals surface area contributed by atoms with Crippen molar-refractivity contribution in [2.24, 2.45) is 0 Å². The molecule has 1 heterocycles. The van der Waals surface area contributed by atoms with Crippen molar-refractivity contribution >= 4 is 28.9 Å². The minimum Gasteiger partial charge on any atom is -0.477 e. The van der Waals surface area contributed by atoms with E-state index in [0.29, 0.717) is 17.2 Å². The first kappa shape index (κ1) is 16.2. The average molecular weight is 318 g/mol. The standard InChI is InChI=1S/C16H18N2O3S/c1-4-18(12-7-5-6-10(2)8-12)14(19)9-13-17-11(3)15(22-13)16(20)21/h5-8H,4,9H2,1-3H3,(H,20,21). The molecule has 0 saturated heterocycles. The maximum atomic E-state index is 12.5. The molecule has 0 fully saturated rings. The molecule has 0 atom stereocenters. The van der Waals surface area contributed by atoms with Crippen molar-refractivity contribution in [2.45, 2.75) is 27.2 Å². The molecular formula is C16H18N2O3S. The first-order valence-electron chi connectivity index (χ1n) is 6.99. The van der Waals surface area contributed by atoms with Gasteiger partial charge in [0.15, 0.2) is 0 Å². The number of aromatic nitrogens is 1. The van der Waals surface area contributed by atoms with Crippen LogP contribution in [0.5, 0.6) is 0 Å². The number of hydrogen-bond donors (Lipinski definition) is 1. The Morgan fingerprint density at radius 2 is 2.05 bits per heavy atom. The monoisotopic (exact) mass is 318 g/mol. The van der Waals surface area contributed by atoms with Crippen LogP contribution in [0.4, 0.5) is 5.69 Å². The van der Waals surface area contributed by atoms with E-state index in [9.17, 15) is 9.59 Å². The zero-order valence-electron chi connectivity index (χ0n) is 12.8. The summed E-state index contributed by atoms with van der Waals surface area (Å²) in [5.74, 6) is -1.08. The molecule has 1 N–H and O–H groups in total. The molecule has 0 aliphatic rings. The van der Waals surface area contributed by atoms with Gasteiger partial charge in [0.2, 0.25) is 5.91 Å². The number of thiazole rings is 1. The summed E-state index contributed by atoms with van der Waals surface area (Å²) in [6.45, 7) is 6.09. The van der Waals surface area contributed by atoms with Crippen LogP contribution < -0.4 is 4.90 Å². The molecule has 0 unspecified atom stereocenters. The van der Waals surface area contributed by atoms with Crippen LogP contribution in [-0.4, -0.2) is 28.5 Å². The summed E-state index contributed by atoms with van der Waals surface area (Å²) in [7, 11) is 0. The molecule has 0 spiro atoms. The van der Waals surface area contributed by atoms with Gasteiger partial charge < -0.3 is 10.0 Å². The predicted octanol–water partition coefficient (Wildman–Crippen LogP) is 3.05. The fraction of sp³-hybridized carbons (Fsp3) is 0.312. The number of amides is 1. The molecule has 5 nitrogen and oxygen atoms in total. The predicted molar refractivity (Wildman–Crippen MR) is 86.7 cm³/mol. The SMILES string of the molecule is CCN(C(=O)Cc1nc(C)c(C(=O)O)s1)c1cccc(C)c1. The summed E-state index contributed by atoms with van der Waals surface area (Å²) in [6.07, 6.45) is 0.112. The number of anilines is 1. The van der Waals surface area contributed by atoms with Crippen LogP contribution in [0.2, 0.25) is 0 Å². The third kappa shape index (κ3) is 3.51. The molecule has 0 bridgehead atoms. The van der Waals surface area contributed by atoms with Crippen molar-refractivity contribution in [1.29, 1.82) is 0 Å². The van der Waals surface area contributed by atoms with Gasteiger partial charge >= 0.3 is 5.97 Å². The van der Waals surface area contributed by atoms with Gasteiger partial charge in [-0.1, -0.05) is 12.1 Å². The van der Waals surface area contributed by atoms with Crippen LogP contribution in [-0.2, 0) is 11.2 Å². The van der Waals surface area contributed by atoms with E-state index < -0.39 is 5.97 Å². The Morgan fingerprint density at radius 3 is 2.59 bits per heavy atom. The minimum absolute atomic E-state index is 0.0845. The Labute approximate surface area is 133 Å². The Balaban J connectivity index is 2.19. The van der Waals surface area contributed by atoms with Gasteiger partial charge in [0.1, 0.15) is 9.88 Å². The third-order valence-corrected chi connectivity index (χ3v) is 4.41. The van der Waals surface area contributed by atoms with E-state index in [1.54, 1.807) is 11.8 Å². The molecule has 0 saturated carbocycles. The number of carboxylic acids is 1. The van der Waals surface area contributed by atoms with E-state index >= 15 is 0 Å². The van der Waals surface area contributed by atoms with Gasteiger partial charge in [-0.3, -0.25) is 4.79 Å². The van der Waals surface area contributed by atoms with Gasteiger partial charge in [-0.2, -0.15) is 0 Å². The summed E-state index contributed by atoms with van der Waals surface area (Å²) in [4.78, 5) is 29.6. The highest BCUT2D eigenvalue weighted by Crippen LogP contribution is 2.21. The number of aryl methyl sites for hydroxylation is 2. The third-order valence-electron chi connectivity index (χ3n) is 3.27. The van der Waals surface area contributed by atoms with Gasteiger partial charge in [0, 0.05) is 12.2 Å². The van der Waals surface area contributed by atoms with Crippen molar-refractivity contribution in [3.8, 4) is 0 Å². The lowest BCUT2D eigenvalue weighted by Crippen LogP contribution is -2.32. The van der Waals surface area contributed by atoms with Crippen molar-refractivity contribution < 1.29 is 14.7 Å². The van der Waals surface area contributed by atoms with Crippen LogP contribution in [0.1, 0.15) is 32.9 Å². The molecule has 2 aromatic rings. The topological polar surface area (TPSA) is 70.5 Å². The Hall–Kier alpha value is -2.21. The van der Waals surface area contributed by atoms with Crippen molar-refractivity contribution in [1.82, 2.24) is 4.98 Å². The smallest absolute Gasteiger partial charge is 0.347 e. The molecule has 0 radical (unpaired) electrons. The summed E-state index contributed by atoms with van der Waals surface area (Å²) >= 11 is 1.06. The van der Waals surface area contributed by atoms with Gasteiger partial charge in [-0.25, -0.2) is 9.78 Å². The van der Waals surface area contributed by atoms with Crippen LogP contribution in [0, 0.1) is 13.8 Å². The lowest BCUT2D eigenvalue weighted by Gasteiger charge is -2.21. The first-order chi connectivity index (χ1) is 10.4. The van der Waals surface area contributed by atoms with Gasteiger partial charge in [-0.15, -0.1) is 11.3 Å². The van der Waals surface area contributed by atoms with Gasteiger partial charge in [-0.05, 0) is 38.5 Å². The highest BCUT2D eigenvalue weighted by atomic mass is 32.1. The highest BCUT2D eigenvalue weighted by molar-refractivity contribution is 7.13. The number of carbonyl (C=O) groups is 2. The number of hydrogen-bond acceptors (Lipinski definition) is 4. The summed E-state index contributed by atoms with van der Waals surface area (Å²) in [6, 6.07) is 7.74. The van der Waals surface area contributed by atoms with E-state index in [-0.39, 0.29) is 17.2 Å². The maximum Gasteiger partial charge on any atom is 0.347 e. The van der Waals surface area contributed by atoms with Crippen LogP contribution >= 0.6 is 11.3 Å². The van der Waals surface area contributed by atoms with E-state index in [1.807, 2.05) is 38.1 Å². The fourth-order valence-electron chi connectivity index (χ4n) is 2.25. The van der Waals surface area contributed by atoms with E-state index in [0.717, 1.165) is 22.6 Å². The second-order valence-corrected chi connectivity index (χ2v) is 6.06. The second kappa shape index (κ2) is 6.70. The average Bonchev–Trinajstić information content (AvgIpc) is 2.80. The maximum absolute atomic E-state index is 12.5. The molecule has 116 valence electrons. The zero-order chi connectivity index (χ0) is 16.3. The van der Waals surface area contributed by atoms with Crippen LogP contribution in [0.15, 0.2) is 24.3 Å². The highest BCUT2D eigenvalue weighted by Gasteiger charge is 2.19. The molecule has 0 aliphatic heterocycles. The number of benzene rings is 1. The Kier molecular flexibility index (Phi) is 4.92. The van der Waals surface area contributed by atoms with E-state index in [1.165, 1.54) is 0 Å². The Morgan fingerprint density at radius 1 is 1.32 bits per heavy atom. The lowest BCUT2D eigenvalue weighted by molar-refractivity contribution is -0.117. The van der Waals surface area contributed by atoms with Crippen LogP contribution in [0.25, 0.3) is 0 Å². The van der Waals surface area contributed by atoms with E-state index in [2.05, 4.69) is 4.98 Å². The molecule has 1 aromatic carbocycles. The normalized spacial score (nSPS) is 10.5. The number of rotatable bonds is 5. The minimum atomic E-state index is -1.00. The Bertz CT molecular complexity index is 709. The molecule has 1 amide bonds. The molecule has 0 aliphatic carbocycles. The van der Waals surface area contributed by atoms with Crippen LogP contribution in [0.3, 0.4) is 0 Å². The van der Waals surface area contributed by atoms with E-state index in [4.69, 9.17) is 5.11 Å². The fourth-order valence-corrected chi connectivity index (χ4v) is 3.14. The quantitative estimate of drug-likeness (QED) is 0.920. The number of aromatic carboxylic acids is 1. The largest absolute Gasteiger partial charge is 0.477 e. The van der Waals surface area contributed by atoms with Crippen molar-refractivity contribution in [3.05, 3.63) is 45.4 Å². The molecule has 1 aromatic heterocycles. The molecule has 22 heavy (non-hydrogen) atoms. The summed E-state index contributed by atoms with van der Waals surface area (Å²) in [5, 5.41) is 9.59. The number of carbonyl (C=O) groups excluding carboxylic acids is 1. The number of nitrogens with zero attached hydrogens (tertiary/aromatic N) is 2. The second-order valence-electron chi connectivity index (χ2n) is 4.98. The molecule has 6 heteroatoms. The number of likely N-dealkylation sites (N-methyl/N-ethyl adjacent to an activating group) is 1. The van der Waals surface area contributed by atoms with Gasteiger partial charge in [0.05, 0.1) is 12.1 Å². The number of carboxylic acid groups (broad SMARTS) is 1. The van der Waals surface area contributed by atoms with Crippen molar-refractivity contribution in [2.75, 3.05) is 11.4 Å². The molecule has 2 rings (SSSR count).